The Kier molecular flexibility index (Phi) is 5.63. The molecule has 1 amide bonds. The fourth-order valence-electron chi connectivity index (χ4n) is 4.03. The van der Waals surface area contributed by atoms with Gasteiger partial charge in [-0.2, -0.15) is 0 Å². The molecule has 6 nitrogen and oxygen atoms in total. The van der Waals surface area contributed by atoms with Gasteiger partial charge in [-0.15, -0.1) is 5.10 Å². The number of hydrogen-bond acceptors (Lipinski definition) is 4. The van der Waals surface area contributed by atoms with Crippen LogP contribution in [-0.2, 0) is 0 Å². The topological polar surface area (TPSA) is 71.2 Å². The van der Waals surface area contributed by atoms with Crippen molar-refractivity contribution in [1.82, 2.24) is 19.9 Å². The second-order valence-electron chi connectivity index (χ2n) is 7.90. The van der Waals surface area contributed by atoms with Crippen LogP contribution in [0.3, 0.4) is 0 Å². The van der Waals surface area contributed by atoms with Gasteiger partial charge in [0, 0.05) is 13.1 Å². The Bertz CT molecular complexity index is 1040. The first-order chi connectivity index (χ1) is 14.4. The third-order valence-corrected chi connectivity index (χ3v) is 5.83. The molecule has 1 atom stereocenters. The van der Waals surface area contributed by atoms with E-state index in [2.05, 4.69) is 10.3 Å². The lowest BCUT2D eigenvalue weighted by Crippen LogP contribution is -2.40. The average Bonchev–Trinajstić information content (AvgIpc) is 3.14. The maximum atomic E-state index is 13.1. The first kappa shape index (κ1) is 20.2. The van der Waals surface area contributed by atoms with E-state index in [1.54, 1.807) is 21.7 Å². The summed E-state index contributed by atoms with van der Waals surface area (Å²) in [7, 11) is 0. The van der Waals surface area contributed by atoms with E-state index in [-0.39, 0.29) is 17.6 Å². The lowest BCUT2D eigenvalue weighted by molar-refractivity contribution is 0.0458. The van der Waals surface area contributed by atoms with Crippen LogP contribution >= 0.6 is 0 Å². The fraction of sp³-hybridized carbons (Fsp3) is 0.348. The van der Waals surface area contributed by atoms with Gasteiger partial charge in [-0.3, -0.25) is 4.79 Å². The summed E-state index contributed by atoms with van der Waals surface area (Å²) < 4.78 is 14.8. The van der Waals surface area contributed by atoms with Crippen molar-refractivity contribution < 1.29 is 14.3 Å². The number of likely N-dealkylation sites (tertiary alicyclic amines) is 1. The Labute approximate surface area is 175 Å². The molecular formula is C23H25FN4O2. The first-order valence-corrected chi connectivity index (χ1v) is 10.2. The summed E-state index contributed by atoms with van der Waals surface area (Å²) in [5.41, 5.74) is 3.75. The second-order valence-corrected chi connectivity index (χ2v) is 7.90. The standard InChI is InChI=1S/C23H25FN4O2/c1-15-4-3-5-20(14-15)28-16(2)21(25-26-28)23(30)27-12-10-18(11-13-27)22(29)17-6-8-19(24)9-7-17/h3-9,14,18,22,29H,10-13H2,1-2H3. The number of benzene rings is 2. The lowest BCUT2D eigenvalue weighted by Gasteiger charge is -2.34. The SMILES string of the molecule is Cc1cccc(-n2nnc(C(=O)N3CCC(C(O)c4ccc(F)cc4)CC3)c2C)c1. The molecule has 1 unspecified atom stereocenters. The van der Waals surface area contributed by atoms with Gasteiger partial charge in [0.05, 0.1) is 17.5 Å². The number of hydrogen-bond donors (Lipinski definition) is 1. The van der Waals surface area contributed by atoms with Crippen molar-refractivity contribution in [2.75, 3.05) is 13.1 Å². The van der Waals surface area contributed by atoms with Crippen LogP contribution < -0.4 is 0 Å². The molecule has 0 bridgehead atoms. The number of carbonyl (C=O) groups excluding carboxylic acids is 1. The number of aliphatic hydroxyl groups is 1. The molecule has 1 N–H and O–H groups in total. The molecule has 1 aromatic heterocycles. The Morgan fingerprint density at radius 2 is 1.83 bits per heavy atom. The average molecular weight is 408 g/mol. The third kappa shape index (κ3) is 3.98. The highest BCUT2D eigenvalue weighted by Crippen LogP contribution is 2.31. The van der Waals surface area contributed by atoms with Gasteiger partial charge in [-0.05, 0) is 68.0 Å². The highest BCUT2D eigenvalue weighted by atomic mass is 19.1. The number of rotatable bonds is 4. The molecule has 0 radical (unpaired) electrons. The number of nitrogens with zero attached hydrogens (tertiary/aromatic N) is 4. The summed E-state index contributed by atoms with van der Waals surface area (Å²) in [6.45, 7) is 4.93. The Balaban J connectivity index is 1.43. The van der Waals surface area contributed by atoms with Crippen molar-refractivity contribution in [1.29, 1.82) is 0 Å². The van der Waals surface area contributed by atoms with Gasteiger partial charge in [0.15, 0.2) is 5.69 Å². The maximum absolute atomic E-state index is 13.1. The molecule has 1 fully saturated rings. The van der Waals surface area contributed by atoms with Crippen LogP contribution in [0.2, 0.25) is 0 Å². The molecule has 1 aliphatic heterocycles. The van der Waals surface area contributed by atoms with Crippen LogP contribution in [0, 0.1) is 25.6 Å². The van der Waals surface area contributed by atoms with E-state index in [4.69, 9.17) is 0 Å². The summed E-state index contributed by atoms with van der Waals surface area (Å²) in [6.07, 6.45) is 0.691. The molecule has 0 aliphatic carbocycles. The van der Waals surface area contributed by atoms with Gasteiger partial charge < -0.3 is 10.0 Å². The zero-order valence-corrected chi connectivity index (χ0v) is 17.1. The molecule has 3 aromatic rings. The number of amides is 1. The lowest BCUT2D eigenvalue weighted by atomic mass is 9.87. The second kappa shape index (κ2) is 8.36. The smallest absolute Gasteiger partial charge is 0.276 e. The van der Waals surface area contributed by atoms with Crippen LogP contribution in [0.1, 0.15) is 46.3 Å². The molecule has 1 saturated heterocycles. The van der Waals surface area contributed by atoms with Crippen molar-refractivity contribution in [3.8, 4) is 5.69 Å². The Morgan fingerprint density at radius 3 is 2.50 bits per heavy atom. The molecule has 1 aliphatic rings. The monoisotopic (exact) mass is 408 g/mol. The molecule has 30 heavy (non-hydrogen) atoms. The van der Waals surface area contributed by atoms with Crippen LogP contribution in [0.4, 0.5) is 4.39 Å². The molecule has 156 valence electrons. The normalized spacial score (nSPS) is 15.9. The van der Waals surface area contributed by atoms with Gasteiger partial charge >= 0.3 is 0 Å². The van der Waals surface area contributed by atoms with E-state index >= 15 is 0 Å². The molecule has 0 saturated carbocycles. The van der Waals surface area contributed by atoms with E-state index in [1.807, 2.05) is 38.1 Å². The minimum Gasteiger partial charge on any atom is -0.388 e. The van der Waals surface area contributed by atoms with Crippen molar-refractivity contribution in [3.05, 3.63) is 76.9 Å². The third-order valence-electron chi connectivity index (χ3n) is 5.83. The predicted octanol–water partition coefficient (Wildman–Crippen LogP) is 3.61. The summed E-state index contributed by atoms with van der Waals surface area (Å²) in [5, 5.41) is 18.9. The van der Waals surface area contributed by atoms with Crippen molar-refractivity contribution in [3.63, 3.8) is 0 Å². The van der Waals surface area contributed by atoms with Crippen LogP contribution in [0.15, 0.2) is 48.5 Å². The van der Waals surface area contributed by atoms with E-state index in [0.29, 0.717) is 42.9 Å². The Hall–Kier alpha value is -3.06. The summed E-state index contributed by atoms with van der Waals surface area (Å²) in [5.74, 6) is -0.426. The summed E-state index contributed by atoms with van der Waals surface area (Å²) >= 11 is 0. The highest BCUT2D eigenvalue weighted by Gasteiger charge is 2.30. The van der Waals surface area contributed by atoms with Crippen molar-refractivity contribution in [2.45, 2.75) is 32.8 Å². The van der Waals surface area contributed by atoms with Crippen LogP contribution in [-0.4, -0.2) is 44.0 Å². The first-order valence-electron chi connectivity index (χ1n) is 10.2. The minimum absolute atomic E-state index is 0.0311. The summed E-state index contributed by atoms with van der Waals surface area (Å²) in [6, 6.07) is 13.8. The molecule has 4 rings (SSSR count). The van der Waals surface area contributed by atoms with E-state index in [9.17, 15) is 14.3 Å². The maximum Gasteiger partial charge on any atom is 0.276 e. The highest BCUT2D eigenvalue weighted by molar-refractivity contribution is 5.93. The van der Waals surface area contributed by atoms with Gasteiger partial charge in [0.1, 0.15) is 5.82 Å². The molecule has 2 heterocycles. The van der Waals surface area contributed by atoms with Crippen molar-refractivity contribution in [2.24, 2.45) is 5.92 Å². The molecule has 0 spiro atoms. The van der Waals surface area contributed by atoms with Gasteiger partial charge in [-0.25, -0.2) is 9.07 Å². The Morgan fingerprint density at radius 1 is 1.13 bits per heavy atom. The minimum atomic E-state index is -0.660. The summed E-state index contributed by atoms with van der Waals surface area (Å²) in [4.78, 5) is 14.8. The van der Waals surface area contributed by atoms with E-state index < -0.39 is 6.10 Å². The predicted molar refractivity (Wildman–Crippen MR) is 111 cm³/mol. The van der Waals surface area contributed by atoms with Crippen LogP contribution in [0.25, 0.3) is 5.69 Å². The number of aliphatic hydroxyl groups excluding tert-OH is 1. The number of aromatic nitrogens is 3. The number of halogens is 1. The molecule has 7 heteroatoms. The van der Waals surface area contributed by atoms with Crippen LogP contribution in [0.5, 0.6) is 0 Å². The zero-order valence-electron chi connectivity index (χ0n) is 17.1. The molecular weight excluding hydrogens is 383 g/mol. The van der Waals surface area contributed by atoms with Crippen molar-refractivity contribution >= 4 is 5.91 Å². The quantitative estimate of drug-likeness (QED) is 0.716. The number of piperidine rings is 1. The molecule has 2 aromatic carbocycles. The van der Waals surface area contributed by atoms with E-state index in [1.165, 1.54) is 12.1 Å². The fourth-order valence-corrected chi connectivity index (χ4v) is 4.03. The largest absolute Gasteiger partial charge is 0.388 e. The number of aryl methyl sites for hydroxylation is 1. The van der Waals surface area contributed by atoms with Gasteiger partial charge in [0.2, 0.25) is 0 Å². The van der Waals surface area contributed by atoms with Gasteiger partial charge in [0.25, 0.3) is 5.91 Å². The number of carbonyl (C=O) groups is 1. The van der Waals surface area contributed by atoms with Gasteiger partial charge in [-0.1, -0.05) is 29.5 Å². The zero-order chi connectivity index (χ0) is 21.3. The van der Waals surface area contributed by atoms with E-state index in [0.717, 1.165) is 11.3 Å².